The molecule has 1 saturated carbocycles. The molecule has 1 aliphatic carbocycles. The molecule has 1 aliphatic rings. The first-order valence-corrected chi connectivity index (χ1v) is 10.9. The summed E-state index contributed by atoms with van der Waals surface area (Å²) in [5, 5.41) is 13.3. The molecular weight excluding hydrogens is 428 g/mol. The van der Waals surface area contributed by atoms with Crippen LogP contribution in [0.4, 0.5) is 0 Å². The number of aromatic nitrogens is 3. The molecule has 0 radical (unpaired) electrons. The number of fused-ring (bicyclic) bond motifs is 1. The van der Waals surface area contributed by atoms with E-state index in [4.69, 9.17) is 4.42 Å². The lowest BCUT2D eigenvalue weighted by Gasteiger charge is -2.22. The Labute approximate surface area is 170 Å². The first-order chi connectivity index (χ1) is 13.1. The number of rotatable bonds is 5. The van der Waals surface area contributed by atoms with Gasteiger partial charge in [-0.25, -0.2) is 0 Å². The smallest absolute Gasteiger partial charge is 0.230 e. The molecule has 0 atom stereocenters. The van der Waals surface area contributed by atoms with Crippen LogP contribution >= 0.6 is 27.7 Å². The number of hydrogen-bond acceptors (Lipinski definition) is 5. The number of amides is 1. The van der Waals surface area contributed by atoms with E-state index in [2.05, 4.69) is 31.4 Å². The number of carbonyl (C=O) groups is 1. The van der Waals surface area contributed by atoms with Crippen LogP contribution in [0.1, 0.15) is 32.1 Å². The van der Waals surface area contributed by atoms with E-state index in [0.717, 1.165) is 28.3 Å². The summed E-state index contributed by atoms with van der Waals surface area (Å²) in [5.74, 6) is 1.72. The topological polar surface area (TPSA) is 73.0 Å². The van der Waals surface area contributed by atoms with E-state index in [1.807, 2.05) is 35.9 Å². The fraction of sp³-hybridized carbons (Fsp3) is 0.421. The molecule has 0 aliphatic heterocycles. The van der Waals surface area contributed by atoms with Crippen LogP contribution in [0.25, 0.3) is 22.6 Å². The van der Waals surface area contributed by atoms with E-state index in [0.29, 0.717) is 28.5 Å². The molecule has 142 valence electrons. The second-order valence-corrected chi connectivity index (χ2v) is 8.71. The van der Waals surface area contributed by atoms with Gasteiger partial charge in [0.05, 0.1) is 5.75 Å². The standard InChI is InChI=1S/C19H21BrN4O2S/c1-24-18(16-10-12-9-13(20)7-8-15(12)26-16)22-23-19(24)27-11-17(25)21-14-5-3-2-4-6-14/h7-10,14H,2-6,11H2,1H3,(H,21,25). The van der Waals surface area contributed by atoms with Crippen molar-refractivity contribution < 1.29 is 9.21 Å². The van der Waals surface area contributed by atoms with Crippen LogP contribution in [-0.2, 0) is 11.8 Å². The van der Waals surface area contributed by atoms with Crippen LogP contribution in [0.2, 0.25) is 0 Å². The van der Waals surface area contributed by atoms with Gasteiger partial charge in [-0.05, 0) is 37.1 Å². The van der Waals surface area contributed by atoms with Crippen LogP contribution in [0.3, 0.4) is 0 Å². The van der Waals surface area contributed by atoms with Crippen LogP contribution in [0, 0.1) is 0 Å². The lowest BCUT2D eigenvalue weighted by molar-refractivity contribution is -0.119. The minimum atomic E-state index is 0.0602. The summed E-state index contributed by atoms with van der Waals surface area (Å²) in [6, 6.07) is 8.15. The van der Waals surface area contributed by atoms with Crippen molar-refractivity contribution in [2.45, 2.75) is 43.3 Å². The monoisotopic (exact) mass is 448 g/mol. The number of halogens is 1. The fourth-order valence-corrected chi connectivity index (χ4v) is 4.53. The molecule has 0 unspecified atom stereocenters. The molecule has 3 aromatic rings. The molecular formula is C19H21BrN4O2S. The summed E-state index contributed by atoms with van der Waals surface area (Å²) in [7, 11) is 1.89. The van der Waals surface area contributed by atoms with Gasteiger partial charge in [-0.1, -0.05) is 47.0 Å². The van der Waals surface area contributed by atoms with Crippen molar-refractivity contribution in [1.82, 2.24) is 20.1 Å². The van der Waals surface area contributed by atoms with Crippen molar-refractivity contribution in [2.75, 3.05) is 5.75 Å². The maximum atomic E-state index is 12.2. The average Bonchev–Trinajstić information content (AvgIpc) is 3.23. The highest BCUT2D eigenvalue weighted by molar-refractivity contribution is 9.10. The zero-order chi connectivity index (χ0) is 18.8. The minimum Gasteiger partial charge on any atom is -0.453 e. The van der Waals surface area contributed by atoms with E-state index < -0.39 is 0 Å². The highest BCUT2D eigenvalue weighted by atomic mass is 79.9. The fourth-order valence-electron chi connectivity index (χ4n) is 3.43. The number of thioether (sulfide) groups is 1. The molecule has 2 aromatic heterocycles. The van der Waals surface area contributed by atoms with E-state index in [1.54, 1.807) is 0 Å². The zero-order valence-corrected chi connectivity index (χ0v) is 17.5. The highest BCUT2D eigenvalue weighted by Gasteiger charge is 2.18. The Morgan fingerprint density at radius 1 is 1.30 bits per heavy atom. The van der Waals surface area contributed by atoms with E-state index in [-0.39, 0.29) is 5.91 Å². The summed E-state index contributed by atoms with van der Waals surface area (Å²) < 4.78 is 8.76. The number of hydrogen-bond donors (Lipinski definition) is 1. The molecule has 1 N–H and O–H groups in total. The van der Waals surface area contributed by atoms with Crippen LogP contribution in [0.15, 0.2) is 38.3 Å². The zero-order valence-electron chi connectivity index (χ0n) is 15.1. The first-order valence-electron chi connectivity index (χ1n) is 9.11. The molecule has 1 fully saturated rings. The number of nitrogens with zero attached hydrogens (tertiary/aromatic N) is 3. The summed E-state index contributed by atoms with van der Waals surface area (Å²) in [6.07, 6.45) is 5.87. The number of carbonyl (C=O) groups excluding carboxylic acids is 1. The molecule has 27 heavy (non-hydrogen) atoms. The van der Waals surface area contributed by atoms with Gasteiger partial charge in [0.15, 0.2) is 16.7 Å². The molecule has 6 nitrogen and oxygen atoms in total. The van der Waals surface area contributed by atoms with Crippen molar-refractivity contribution >= 4 is 44.6 Å². The number of furan rings is 1. The second-order valence-electron chi connectivity index (χ2n) is 6.85. The van der Waals surface area contributed by atoms with Crippen molar-refractivity contribution in [1.29, 1.82) is 0 Å². The van der Waals surface area contributed by atoms with Crippen molar-refractivity contribution in [3.63, 3.8) is 0 Å². The third-order valence-corrected chi connectivity index (χ3v) is 6.35. The van der Waals surface area contributed by atoms with Crippen LogP contribution in [-0.4, -0.2) is 32.5 Å². The van der Waals surface area contributed by atoms with Gasteiger partial charge in [-0.3, -0.25) is 4.79 Å². The summed E-state index contributed by atoms with van der Waals surface area (Å²) in [4.78, 5) is 12.2. The lowest BCUT2D eigenvalue weighted by Crippen LogP contribution is -2.37. The minimum absolute atomic E-state index is 0.0602. The van der Waals surface area contributed by atoms with E-state index >= 15 is 0 Å². The summed E-state index contributed by atoms with van der Waals surface area (Å²) in [5.41, 5.74) is 0.803. The van der Waals surface area contributed by atoms with Gasteiger partial charge in [0.25, 0.3) is 0 Å². The van der Waals surface area contributed by atoms with Gasteiger partial charge in [0, 0.05) is 22.9 Å². The molecule has 1 aromatic carbocycles. The Hall–Kier alpha value is -1.80. The molecule has 2 heterocycles. The van der Waals surface area contributed by atoms with Gasteiger partial charge in [-0.2, -0.15) is 0 Å². The third kappa shape index (κ3) is 4.21. The lowest BCUT2D eigenvalue weighted by atomic mass is 9.95. The molecule has 0 bridgehead atoms. The quantitative estimate of drug-likeness (QED) is 0.580. The Balaban J connectivity index is 1.42. The average molecular weight is 449 g/mol. The van der Waals surface area contributed by atoms with Crippen molar-refractivity contribution in [3.8, 4) is 11.6 Å². The molecule has 1 amide bonds. The van der Waals surface area contributed by atoms with Gasteiger partial charge in [0.1, 0.15) is 5.58 Å². The summed E-state index contributed by atoms with van der Waals surface area (Å²) in [6.45, 7) is 0. The number of nitrogens with one attached hydrogen (secondary N) is 1. The third-order valence-electron chi connectivity index (χ3n) is 4.84. The van der Waals surface area contributed by atoms with Gasteiger partial charge in [0.2, 0.25) is 5.91 Å². The van der Waals surface area contributed by atoms with Crippen molar-refractivity contribution in [3.05, 3.63) is 28.7 Å². The largest absolute Gasteiger partial charge is 0.453 e. The van der Waals surface area contributed by atoms with Crippen LogP contribution < -0.4 is 5.32 Å². The highest BCUT2D eigenvalue weighted by Crippen LogP contribution is 2.30. The number of benzene rings is 1. The normalized spacial score (nSPS) is 15.3. The Kier molecular flexibility index (Phi) is 5.54. The Morgan fingerprint density at radius 2 is 2.11 bits per heavy atom. The van der Waals surface area contributed by atoms with E-state index in [1.165, 1.54) is 31.0 Å². The van der Waals surface area contributed by atoms with Gasteiger partial charge >= 0.3 is 0 Å². The van der Waals surface area contributed by atoms with Gasteiger partial charge < -0.3 is 14.3 Å². The SMILES string of the molecule is Cn1c(SCC(=O)NC2CCCCC2)nnc1-c1cc2cc(Br)ccc2o1. The molecule has 0 spiro atoms. The predicted octanol–water partition coefficient (Wildman–Crippen LogP) is 4.53. The maximum Gasteiger partial charge on any atom is 0.230 e. The predicted molar refractivity (Wildman–Crippen MR) is 110 cm³/mol. The molecule has 0 saturated heterocycles. The second kappa shape index (κ2) is 8.06. The maximum absolute atomic E-state index is 12.2. The first kappa shape index (κ1) is 18.6. The van der Waals surface area contributed by atoms with Gasteiger partial charge in [-0.15, -0.1) is 10.2 Å². The van der Waals surface area contributed by atoms with E-state index in [9.17, 15) is 4.79 Å². The van der Waals surface area contributed by atoms with Crippen molar-refractivity contribution in [2.24, 2.45) is 7.05 Å². The molecule has 8 heteroatoms. The molecule has 4 rings (SSSR count). The summed E-state index contributed by atoms with van der Waals surface area (Å²) >= 11 is 4.87. The Bertz CT molecular complexity index is 962. The van der Waals surface area contributed by atoms with Crippen LogP contribution in [0.5, 0.6) is 0 Å². The Morgan fingerprint density at radius 3 is 2.93 bits per heavy atom.